The lowest BCUT2D eigenvalue weighted by molar-refractivity contribution is -0.129. The monoisotopic (exact) mass is 388 g/mol. The van der Waals surface area contributed by atoms with Gasteiger partial charge in [-0.1, -0.05) is 0 Å². The van der Waals surface area contributed by atoms with Gasteiger partial charge in [-0.15, -0.1) is 0 Å². The third-order valence-corrected chi connectivity index (χ3v) is 4.81. The van der Waals surface area contributed by atoms with Crippen molar-refractivity contribution in [3.05, 3.63) is 59.7 Å². The number of carbonyl (C=O) groups excluding carboxylic acids is 2. The number of anilines is 1. The zero-order valence-corrected chi connectivity index (χ0v) is 15.8. The Labute approximate surface area is 162 Å². The standard InChI is InChI=1S/C21H22F2N2O3/c1-14(21(27)19-8-3-16(22)13-20(19)23)28-18-6-4-17(5-7-18)25-11-9-24(10-12-25)15(2)26/h3-8,13-14H,9-12H2,1-2H3. The summed E-state index contributed by atoms with van der Waals surface area (Å²) in [5.74, 6) is -1.63. The molecule has 28 heavy (non-hydrogen) atoms. The van der Waals surface area contributed by atoms with Crippen LogP contribution in [0.2, 0.25) is 0 Å². The van der Waals surface area contributed by atoms with E-state index in [0.29, 0.717) is 24.9 Å². The molecule has 5 nitrogen and oxygen atoms in total. The molecule has 0 spiro atoms. The first-order valence-corrected chi connectivity index (χ1v) is 9.11. The predicted molar refractivity (Wildman–Crippen MR) is 102 cm³/mol. The van der Waals surface area contributed by atoms with Crippen LogP contribution in [0.1, 0.15) is 24.2 Å². The Balaban J connectivity index is 1.61. The van der Waals surface area contributed by atoms with Gasteiger partial charge >= 0.3 is 0 Å². The second-order valence-corrected chi connectivity index (χ2v) is 6.74. The van der Waals surface area contributed by atoms with Crippen LogP contribution in [-0.2, 0) is 4.79 Å². The van der Waals surface area contributed by atoms with Crippen LogP contribution >= 0.6 is 0 Å². The van der Waals surface area contributed by atoms with Gasteiger partial charge in [0.1, 0.15) is 17.4 Å². The lowest BCUT2D eigenvalue weighted by Gasteiger charge is -2.35. The number of halogens is 2. The van der Waals surface area contributed by atoms with E-state index < -0.39 is 23.5 Å². The van der Waals surface area contributed by atoms with Crippen molar-refractivity contribution in [1.29, 1.82) is 0 Å². The van der Waals surface area contributed by atoms with Gasteiger partial charge in [-0.2, -0.15) is 0 Å². The van der Waals surface area contributed by atoms with E-state index in [0.717, 1.165) is 30.9 Å². The first kappa shape index (κ1) is 19.8. The minimum Gasteiger partial charge on any atom is -0.483 e. The first-order chi connectivity index (χ1) is 13.3. The topological polar surface area (TPSA) is 49.9 Å². The van der Waals surface area contributed by atoms with Gasteiger partial charge in [0.05, 0.1) is 5.56 Å². The van der Waals surface area contributed by atoms with Crippen LogP contribution in [0.4, 0.5) is 14.5 Å². The number of carbonyl (C=O) groups is 2. The van der Waals surface area contributed by atoms with Crippen LogP contribution in [0.5, 0.6) is 5.75 Å². The maximum Gasteiger partial charge on any atom is 0.219 e. The highest BCUT2D eigenvalue weighted by Crippen LogP contribution is 2.22. The average Bonchev–Trinajstić information content (AvgIpc) is 2.68. The molecule has 0 radical (unpaired) electrons. The Kier molecular flexibility index (Phi) is 5.92. The second kappa shape index (κ2) is 8.37. The van der Waals surface area contributed by atoms with Crippen molar-refractivity contribution in [3.8, 4) is 5.75 Å². The van der Waals surface area contributed by atoms with Crippen LogP contribution in [-0.4, -0.2) is 48.9 Å². The van der Waals surface area contributed by atoms with E-state index in [4.69, 9.17) is 4.74 Å². The van der Waals surface area contributed by atoms with Gasteiger partial charge in [0.2, 0.25) is 11.7 Å². The van der Waals surface area contributed by atoms with Crippen molar-refractivity contribution in [3.63, 3.8) is 0 Å². The molecule has 1 heterocycles. The van der Waals surface area contributed by atoms with E-state index in [9.17, 15) is 18.4 Å². The van der Waals surface area contributed by atoms with E-state index in [2.05, 4.69) is 4.90 Å². The minimum absolute atomic E-state index is 0.0830. The van der Waals surface area contributed by atoms with Crippen LogP contribution < -0.4 is 9.64 Å². The lowest BCUT2D eigenvalue weighted by atomic mass is 10.1. The highest BCUT2D eigenvalue weighted by Gasteiger charge is 2.22. The van der Waals surface area contributed by atoms with E-state index in [1.807, 2.05) is 17.0 Å². The van der Waals surface area contributed by atoms with Crippen molar-refractivity contribution >= 4 is 17.4 Å². The normalized spacial score (nSPS) is 15.3. The Morgan fingerprint density at radius 3 is 2.21 bits per heavy atom. The summed E-state index contributed by atoms with van der Waals surface area (Å²) in [5.41, 5.74) is 0.799. The van der Waals surface area contributed by atoms with Gasteiger partial charge in [0.25, 0.3) is 0 Å². The molecule has 1 aliphatic rings. The maximum atomic E-state index is 13.8. The molecule has 0 aliphatic carbocycles. The number of rotatable bonds is 5. The summed E-state index contributed by atoms with van der Waals surface area (Å²) in [6.45, 7) is 5.96. The third kappa shape index (κ3) is 4.47. The molecule has 0 aromatic heterocycles. The number of ketones is 1. The number of piperazine rings is 1. The van der Waals surface area contributed by atoms with E-state index in [-0.39, 0.29) is 11.5 Å². The molecule has 2 aromatic rings. The highest BCUT2D eigenvalue weighted by molar-refractivity contribution is 5.99. The van der Waals surface area contributed by atoms with Gasteiger partial charge < -0.3 is 14.5 Å². The molecule has 7 heteroatoms. The zero-order valence-electron chi connectivity index (χ0n) is 15.8. The molecular weight excluding hydrogens is 366 g/mol. The molecule has 0 saturated carbocycles. The van der Waals surface area contributed by atoms with Gasteiger partial charge in [0.15, 0.2) is 6.10 Å². The fraction of sp³-hybridized carbons (Fsp3) is 0.333. The van der Waals surface area contributed by atoms with Crippen molar-refractivity contribution in [2.45, 2.75) is 20.0 Å². The number of hydrogen-bond acceptors (Lipinski definition) is 4. The van der Waals surface area contributed by atoms with Crippen molar-refractivity contribution < 1.29 is 23.1 Å². The molecule has 1 unspecified atom stereocenters. The Morgan fingerprint density at radius 1 is 1.00 bits per heavy atom. The molecule has 148 valence electrons. The Hall–Kier alpha value is -2.96. The molecule has 3 rings (SSSR count). The third-order valence-electron chi connectivity index (χ3n) is 4.81. The summed E-state index contributed by atoms with van der Waals surface area (Å²) in [7, 11) is 0. The van der Waals surface area contributed by atoms with Crippen LogP contribution in [0, 0.1) is 11.6 Å². The zero-order chi connectivity index (χ0) is 20.3. The molecule has 2 aromatic carbocycles. The molecule has 1 saturated heterocycles. The van der Waals surface area contributed by atoms with Crippen molar-refractivity contribution in [2.75, 3.05) is 31.1 Å². The molecule has 0 N–H and O–H groups in total. The second-order valence-electron chi connectivity index (χ2n) is 6.74. The van der Waals surface area contributed by atoms with Gasteiger partial charge in [-0.05, 0) is 43.3 Å². The number of nitrogens with zero attached hydrogens (tertiary/aromatic N) is 2. The Morgan fingerprint density at radius 2 is 1.64 bits per heavy atom. The quantitative estimate of drug-likeness (QED) is 0.738. The minimum atomic E-state index is -0.912. The van der Waals surface area contributed by atoms with E-state index in [1.165, 1.54) is 6.92 Å². The Bertz CT molecular complexity index is 862. The molecule has 1 aliphatic heterocycles. The number of amides is 1. The summed E-state index contributed by atoms with van der Waals surface area (Å²) in [4.78, 5) is 27.7. The molecule has 0 bridgehead atoms. The average molecular weight is 388 g/mol. The molecule has 1 atom stereocenters. The predicted octanol–water partition coefficient (Wildman–Crippen LogP) is 3.28. The van der Waals surface area contributed by atoms with Crippen molar-refractivity contribution in [1.82, 2.24) is 4.90 Å². The van der Waals surface area contributed by atoms with Gasteiger partial charge in [-0.25, -0.2) is 8.78 Å². The summed E-state index contributed by atoms with van der Waals surface area (Å²) < 4.78 is 32.4. The number of ether oxygens (including phenoxy) is 1. The summed E-state index contributed by atoms with van der Waals surface area (Å²) in [6.07, 6.45) is -0.912. The van der Waals surface area contributed by atoms with Gasteiger partial charge in [-0.3, -0.25) is 9.59 Å². The lowest BCUT2D eigenvalue weighted by Crippen LogP contribution is -2.48. The fourth-order valence-electron chi connectivity index (χ4n) is 3.18. The van der Waals surface area contributed by atoms with Crippen LogP contribution in [0.15, 0.2) is 42.5 Å². The van der Waals surface area contributed by atoms with E-state index >= 15 is 0 Å². The number of hydrogen-bond donors (Lipinski definition) is 0. The van der Waals surface area contributed by atoms with Crippen molar-refractivity contribution in [2.24, 2.45) is 0 Å². The number of Topliss-reactive ketones (excluding diaryl/α,β-unsaturated/α-hetero) is 1. The SMILES string of the molecule is CC(=O)N1CCN(c2ccc(OC(C)C(=O)c3ccc(F)cc3F)cc2)CC1. The van der Waals surface area contributed by atoms with E-state index in [1.54, 1.807) is 19.1 Å². The number of benzene rings is 2. The smallest absolute Gasteiger partial charge is 0.219 e. The fourth-order valence-corrected chi connectivity index (χ4v) is 3.18. The maximum absolute atomic E-state index is 13.8. The summed E-state index contributed by atoms with van der Waals surface area (Å²) in [6, 6.07) is 10.1. The van der Waals surface area contributed by atoms with Crippen LogP contribution in [0.3, 0.4) is 0 Å². The first-order valence-electron chi connectivity index (χ1n) is 9.11. The summed E-state index contributed by atoms with van der Waals surface area (Å²) >= 11 is 0. The summed E-state index contributed by atoms with van der Waals surface area (Å²) in [5, 5.41) is 0. The van der Waals surface area contributed by atoms with Crippen LogP contribution in [0.25, 0.3) is 0 Å². The highest BCUT2D eigenvalue weighted by atomic mass is 19.1. The largest absolute Gasteiger partial charge is 0.483 e. The molecule has 1 fully saturated rings. The molecule has 1 amide bonds. The molecular formula is C21H22F2N2O3. The van der Waals surface area contributed by atoms with Gasteiger partial charge in [0, 0.05) is 44.9 Å².